The summed E-state index contributed by atoms with van der Waals surface area (Å²) in [4.78, 5) is 23.3. The first-order valence-corrected chi connectivity index (χ1v) is 5.87. The highest BCUT2D eigenvalue weighted by Crippen LogP contribution is 2.29. The van der Waals surface area contributed by atoms with Gasteiger partial charge in [-0.1, -0.05) is 11.3 Å². The predicted molar refractivity (Wildman–Crippen MR) is 67.3 cm³/mol. The van der Waals surface area contributed by atoms with Crippen molar-refractivity contribution in [2.45, 2.75) is 0 Å². The number of nitro groups is 1. The number of hydrogen-bond acceptors (Lipinski definition) is 6. The van der Waals surface area contributed by atoms with E-state index in [-0.39, 0.29) is 5.69 Å². The molecule has 0 spiro atoms. The lowest BCUT2D eigenvalue weighted by molar-refractivity contribution is -0.385. The van der Waals surface area contributed by atoms with Gasteiger partial charge in [0.15, 0.2) is 0 Å². The molecule has 0 aliphatic rings. The van der Waals surface area contributed by atoms with Gasteiger partial charge in [0.1, 0.15) is 21.6 Å². The van der Waals surface area contributed by atoms with Gasteiger partial charge in [-0.2, -0.15) is 0 Å². The Morgan fingerprint density at radius 2 is 2.22 bits per heavy atom. The van der Waals surface area contributed by atoms with E-state index in [1.165, 1.54) is 23.6 Å². The summed E-state index contributed by atoms with van der Waals surface area (Å²) >= 11 is 1.39. The molecular formula is C11H6N4O2S. The molecule has 0 saturated heterocycles. The van der Waals surface area contributed by atoms with Crippen LogP contribution in [-0.2, 0) is 0 Å². The molecule has 3 aromatic heterocycles. The zero-order valence-electron chi connectivity index (χ0n) is 8.98. The van der Waals surface area contributed by atoms with E-state index in [4.69, 9.17) is 0 Å². The Balaban J connectivity index is 2.14. The van der Waals surface area contributed by atoms with Gasteiger partial charge >= 0.3 is 0 Å². The van der Waals surface area contributed by atoms with Crippen LogP contribution in [0.5, 0.6) is 0 Å². The molecule has 3 aromatic rings. The molecule has 7 heteroatoms. The quantitative estimate of drug-likeness (QED) is 0.521. The minimum atomic E-state index is -0.477. The third-order valence-electron chi connectivity index (χ3n) is 2.35. The monoisotopic (exact) mass is 258 g/mol. The number of rotatable bonds is 2. The van der Waals surface area contributed by atoms with Gasteiger partial charge in [-0.05, 0) is 12.1 Å². The molecule has 0 atom stereocenters. The Morgan fingerprint density at radius 1 is 1.33 bits per heavy atom. The van der Waals surface area contributed by atoms with Crippen LogP contribution in [0.4, 0.5) is 5.69 Å². The van der Waals surface area contributed by atoms with Gasteiger partial charge in [0.05, 0.1) is 4.92 Å². The molecule has 88 valence electrons. The normalized spacial score (nSPS) is 10.7. The number of fused-ring (bicyclic) bond motifs is 1. The molecule has 0 fully saturated rings. The van der Waals surface area contributed by atoms with Crippen LogP contribution < -0.4 is 0 Å². The maximum absolute atomic E-state index is 10.7. The second-order valence-electron chi connectivity index (χ2n) is 3.54. The summed E-state index contributed by atoms with van der Waals surface area (Å²) in [6.45, 7) is 0. The van der Waals surface area contributed by atoms with Crippen LogP contribution in [0.15, 0.2) is 36.8 Å². The van der Waals surface area contributed by atoms with Crippen molar-refractivity contribution in [3.63, 3.8) is 0 Å². The van der Waals surface area contributed by atoms with E-state index in [2.05, 4.69) is 15.0 Å². The minimum absolute atomic E-state index is 0.0504. The van der Waals surface area contributed by atoms with Crippen molar-refractivity contribution in [2.24, 2.45) is 0 Å². The van der Waals surface area contributed by atoms with Crippen molar-refractivity contribution < 1.29 is 4.92 Å². The molecule has 0 bridgehead atoms. The zero-order chi connectivity index (χ0) is 12.5. The summed E-state index contributed by atoms with van der Waals surface area (Å²) in [7, 11) is 0. The van der Waals surface area contributed by atoms with Crippen molar-refractivity contribution in [3.8, 4) is 10.6 Å². The minimum Gasteiger partial charge on any atom is -0.264 e. The van der Waals surface area contributed by atoms with Gasteiger partial charge in [0.2, 0.25) is 0 Å². The summed E-state index contributed by atoms with van der Waals surface area (Å²) in [6.07, 6.45) is 4.62. The average Bonchev–Trinajstić information content (AvgIpc) is 2.82. The van der Waals surface area contributed by atoms with E-state index in [1.54, 1.807) is 12.4 Å². The first-order valence-electron chi connectivity index (χ1n) is 5.05. The molecule has 3 heterocycles. The van der Waals surface area contributed by atoms with Crippen LogP contribution >= 0.6 is 11.3 Å². The fourth-order valence-electron chi connectivity index (χ4n) is 1.53. The van der Waals surface area contributed by atoms with Gasteiger partial charge < -0.3 is 0 Å². The van der Waals surface area contributed by atoms with Crippen LogP contribution in [0.2, 0.25) is 0 Å². The molecule has 18 heavy (non-hydrogen) atoms. The Morgan fingerprint density at radius 3 is 2.94 bits per heavy atom. The maximum atomic E-state index is 10.7. The van der Waals surface area contributed by atoms with E-state index >= 15 is 0 Å². The molecule has 3 rings (SSSR count). The summed E-state index contributed by atoms with van der Waals surface area (Å²) in [5.74, 6) is 0. The number of pyridine rings is 2. The van der Waals surface area contributed by atoms with Gasteiger partial charge in [0.25, 0.3) is 5.69 Å². The number of hydrogen-bond donors (Lipinski definition) is 0. The smallest absolute Gasteiger partial charge is 0.264 e. The van der Waals surface area contributed by atoms with Crippen molar-refractivity contribution in [1.29, 1.82) is 0 Å². The highest BCUT2D eigenvalue weighted by atomic mass is 32.1. The van der Waals surface area contributed by atoms with E-state index < -0.39 is 4.92 Å². The molecule has 6 nitrogen and oxygen atoms in total. The fraction of sp³-hybridized carbons (Fsp3) is 0. The topological polar surface area (TPSA) is 81.8 Å². The van der Waals surface area contributed by atoms with E-state index in [0.717, 1.165) is 10.6 Å². The van der Waals surface area contributed by atoms with Gasteiger partial charge in [-0.15, -0.1) is 0 Å². The molecule has 0 unspecified atom stereocenters. The fourth-order valence-corrected chi connectivity index (χ4v) is 2.41. The maximum Gasteiger partial charge on any atom is 0.289 e. The van der Waals surface area contributed by atoms with E-state index in [9.17, 15) is 10.1 Å². The summed E-state index contributed by atoms with van der Waals surface area (Å²) in [5, 5.41) is 11.4. The summed E-state index contributed by atoms with van der Waals surface area (Å²) in [5.41, 5.74) is 1.36. The molecule has 0 aliphatic carbocycles. The highest BCUT2D eigenvalue weighted by Gasteiger charge is 2.12. The first kappa shape index (κ1) is 10.7. The second-order valence-corrected chi connectivity index (χ2v) is 4.51. The summed E-state index contributed by atoms with van der Waals surface area (Å²) < 4.78 is 0. The van der Waals surface area contributed by atoms with Crippen LogP contribution in [0.1, 0.15) is 0 Å². The molecule has 0 aliphatic heterocycles. The Bertz CT molecular complexity index is 726. The molecule has 0 saturated carbocycles. The Labute approximate surface area is 105 Å². The molecule has 0 radical (unpaired) electrons. The third-order valence-corrected chi connectivity index (χ3v) is 3.38. The lowest BCUT2D eigenvalue weighted by atomic mass is 10.3. The van der Waals surface area contributed by atoms with Crippen molar-refractivity contribution in [1.82, 2.24) is 15.0 Å². The van der Waals surface area contributed by atoms with Crippen molar-refractivity contribution in [3.05, 3.63) is 46.9 Å². The van der Waals surface area contributed by atoms with Crippen LogP contribution in [0.25, 0.3) is 20.9 Å². The SMILES string of the molecule is O=[N+]([O-])c1cnc2sc(-c3cccnc3)nc2c1. The average molecular weight is 258 g/mol. The first-order chi connectivity index (χ1) is 8.74. The van der Waals surface area contributed by atoms with Crippen LogP contribution in [0, 0.1) is 10.1 Å². The largest absolute Gasteiger partial charge is 0.289 e. The number of aromatic nitrogens is 3. The number of thiazole rings is 1. The van der Waals surface area contributed by atoms with Gasteiger partial charge in [-0.3, -0.25) is 15.1 Å². The Kier molecular flexibility index (Phi) is 2.45. The molecular weight excluding hydrogens is 252 g/mol. The van der Waals surface area contributed by atoms with Crippen molar-refractivity contribution >= 4 is 27.4 Å². The standard InChI is InChI=1S/C11H6N4O2S/c16-15(17)8-4-9-11(13-6-8)18-10(14-9)7-2-1-3-12-5-7/h1-6H. The molecule has 0 aromatic carbocycles. The van der Waals surface area contributed by atoms with Gasteiger partial charge in [-0.25, -0.2) is 9.97 Å². The Hall–Kier alpha value is -2.41. The van der Waals surface area contributed by atoms with E-state index in [0.29, 0.717) is 10.3 Å². The molecule has 0 amide bonds. The molecule has 0 N–H and O–H groups in total. The van der Waals surface area contributed by atoms with Crippen molar-refractivity contribution in [2.75, 3.05) is 0 Å². The lowest BCUT2D eigenvalue weighted by Crippen LogP contribution is -1.88. The number of nitrogens with zero attached hydrogens (tertiary/aromatic N) is 4. The van der Waals surface area contributed by atoms with Crippen LogP contribution in [-0.4, -0.2) is 19.9 Å². The third kappa shape index (κ3) is 1.80. The van der Waals surface area contributed by atoms with E-state index in [1.807, 2.05) is 12.1 Å². The lowest BCUT2D eigenvalue weighted by Gasteiger charge is -1.91. The highest BCUT2D eigenvalue weighted by molar-refractivity contribution is 7.21. The van der Waals surface area contributed by atoms with Crippen LogP contribution in [0.3, 0.4) is 0 Å². The second kappa shape index (κ2) is 4.11. The summed E-state index contributed by atoms with van der Waals surface area (Å²) in [6, 6.07) is 5.13. The van der Waals surface area contributed by atoms with Gasteiger partial charge in [0, 0.05) is 24.0 Å². The zero-order valence-corrected chi connectivity index (χ0v) is 9.79. The predicted octanol–water partition coefficient (Wildman–Crippen LogP) is 2.66.